The van der Waals surface area contributed by atoms with Gasteiger partial charge >= 0.3 is 0 Å². The standard InChI is InChI=1S/C12H14BrFN2/c13-10-8-9(14)5-6-11(10)16-12-4-2-1-3-7-15-12/h5-6,8H,1-4,7H2,(H,15,16). The first-order valence-electron chi connectivity index (χ1n) is 5.51. The predicted molar refractivity (Wildman–Crippen MR) is 68.5 cm³/mol. The first kappa shape index (κ1) is 11.6. The smallest absolute Gasteiger partial charge is 0.124 e. The quantitative estimate of drug-likeness (QED) is 0.829. The van der Waals surface area contributed by atoms with Crippen molar-refractivity contribution in [3.8, 4) is 0 Å². The number of rotatable bonds is 1. The normalized spacial score (nSPS) is 16.5. The molecule has 1 aromatic carbocycles. The van der Waals surface area contributed by atoms with Crippen LogP contribution in [0.1, 0.15) is 25.7 Å². The van der Waals surface area contributed by atoms with Crippen LogP contribution in [0.5, 0.6) is 0 Å². The molecule has 1 N–H and O–H groups in total. The van der Waals surface area contributed by atoms with E-state index in [9.17, 15) is 4.39 Å². The molecular weight excluding hydrogens is 271 g/mol. The molecule has 16 heavy (non-hydrogen) atoms. The molecule has 1 heterocycles. The number of aliphatic imine (C=N–C) groups is 1. The summed E-state index contributed by atoms with van der Waals surface area (Å²) >= 11 is 3.34. The van der Waals surface area contributed by atoms with Crippen molar-refractivity contribution >= 4 is 27.5 Å². The molecule has 0 aromatic heterocycles. The highest BCUT2D eigenvalue weighted by Gasteiger charge is 2.07. The molecule has 1 aromatic rings. The van der Waals surface area contributed by atoms with Crippen LogP contribution in [0.15, 0.2) is 27.7 Å². The van der Waals surface area contributed by atoms with Gasteiger partial charge in [-0.1, -0.05) is 6.42 Å². The summed E-state index contributed by atoms with van der Waals surface area (Å²) < 4.78 is 13.6. The molecule has 2 nitrogen and oxygen atoms in total. The lowest BCUT2D eigenvalue weighted by atomic mass is 10.2. The largest absolute Gasteiger partial charge is 0.343 e. The maximum absolute atomic E-state index is 12.9. The second kappa shape index (κ2) is 5.43. The molecule has 0 aliphatic carbocycles. The Labute approximate surface area is 103 Å². The Balaban J connectivity index is 2.10. The fourth-order valence-corrected chi connectivity index (χ4v) is 2.17. The zero-order chi connectivity index (χ0) is 11.4. The molecule has 0 saturated heterocycles. The van der Waals surface area contributed by atoms with E-state index in [1.165, 1.54) is 25.0 Å². The summed E-state index contributed by atoms with van der Waals surface area (Å²) in [6, 6.07) is 4.64. The van der Waals surface area contributed by atoms with Gasteiger partial charge in [-0.15, -0.1) is 0 Å². The van der Waals surface area contributed by atoms with Crippen molar-refractivity contribution in [1.82, 2.24) is 0 Å². The molecule has 0 fully saturated rings. The van der Waals surface area contributed by atoms with Gasteiger partial charge in [-0.25, -0.2) is 4.39 Å². The van der Waals surface area contributed by atoms with Crippen LogP contribution in [0, 0.1) is 5.82 Å². The van der Waals surface area contributed by atoms with Gasteiger partial charge in [0.2, 0.25) is 0 Å². The number of hydrogen-bond acceptors (Lipinski definition) is 2. The molecule has 1 aliphatic heterocycles. The van der Waals surface area contributed by atoms with E-state index in [1.807, 2.05) is 0 Å². The van der Waals surface area contributed by atoms with Crippen molar-refractivity contribution < 1.29 is 4.39 Å². The molecule has 0 radical (unpaired) electrons. The van der Waals surface area contributed by atoms with Crippen LogP contribution >= 0.6 is 15.9 Å². The van der Waals surface area contributed by atoms with E-state index in [0.717, 1.165) is 35.4 Å². The van der Waals surface area contributed by atoms with Gasteiger partial charge < -0.3 is 5.32 Å². The molecular formula is C12H14BrFN2. The van der Waals surface area contributed by atoms with Crippen molar-refractivity contribution in [3.05, 3.63) is 28.5 Å². The summed E-state index contributed by atoms with van der Waals surface area (Å²) in [6.07, 6.45) is 4.55. The van der Waals surface area contributed by atoms with E-state index in [1.54, 1.807) is 6.07 Å². The number of benzene rings is 1. The van der Waals surface area contributed by atoms with Gasteiger partial charge in [0, 0.05) is 17.4 Å². The number of amidine groups is 1. The van der Waals surface area contributed by atoms with E-state index < -0.39 is 0 Å². The Hall–Kier alpha value is -0.900. The molecule has 0 saturated carbocycles. The first-order valence-corrected chi connectivity index (χ1v) is 6.30. The SMILES string of the molecule is Fc1ccc(NC2=NCCCCC2)c(Br)c1. The third-order valence-corrected chi connectivity index (χ3v) is 3.24. The van der Waals surface area contributed by atoms with E-state index in [0.29, 0.717) is 0 Å². The van der Waals surface area contributed by atoms with Gasteiger partial charge in [-0.05, 0) is 47.0 Å². The van der Waals surface area contributed by atoms with Gasteiger partial charge in [0.15, 0.2) is 0 Å². The van der Waals surface area contributed by atoms with Crippen LogP contribution in [0.25, 0.3) is 0 Å². The highest BCUT2D eigenvalue weighted by atomic mass is 79.9. The molecule has 0 amide bonds. The van der Waals surface area contributed by atoms with Gasteiger partial charge in [-0.2, -0.15) is 0 Å². The van der Waals surface area contributed by atoms with E-state index in [4.69, 9.17) is 0 Å². The lowest BCUT2D eigenvalue weighted by molar-refractivity contribution is 0.627. The maximum atomic E-state index is 12.9. The van der Waals surface area contributed by atoms with Gasteiger partial charge in [0.1, 0.15) is 11.7 Å². The minimum atomic E-state index is -0.236. The van der Waals surface area contributed by atoms with E-state index in [2.05, 4.69) is 26.2 Å². The number of hydrogen-bond donors (Lipinski definition) is 1. The summed E-state index contributed by atoms with van der Waals surface area (Å²) in [6.45, 7) is 0.890. The molecule has 86 valence electrons. The molecule has 0 spiro atoms. The zero-order valence-corrected chi connectivity index (χ0v) is 10.6. The van der Waals surface area contributed by atoms with Crippen molar-refractivity contribution in [2.24, 2.45) is 4.99 Å². The fourth-order valence-electron chi connectivity index (χ4n) is 1.72. The van der Waals surface area contributed by atoms with Crippen molar-refractivity contribution in [3.63, 3.8) is 0 Å². The maximum Gasteiger partial charge on any atom is 0.124 e. The average Bonchev–Trinajstić information content (AvgIpc) is 2.51. The predicted octanol–water partition coefficient (Wildman–Crippen LogP) is 3.97. The summed E-state index contributed by atoms with van der Waals surface area (Å²) in [4.78, 5) is 4.47. The van der Waals surface area contributed by atoms with Crippen molar-refractivity contribution in [2.75, 3.05) is 11.9 Å². The third-order valence-electron chi connectivity index (χ3n) is 2.58. The van der Waals surface area contributed by atoms with Gasteiger partial charge in [0.25, 0.3) is 0 Å². The second-order valence-electron chi connectivity index (χ2n) is 3.89. The molecule has 0 atom stereocenters. The van der Waals surface area contributed by atoms with Gasteiger partial charge in [0.05, 0.1) is 5.69 Å². The summed E-state index contributed by atoms with van der Waals surface area (Å²) in [5.74, 6) is 0.769. The van der Waals surface area contributed by atoms with Crippen LogP contribution in [0.3, 0.4) is 0 Å². The minimum absolute atomic E-state index is 0.236. The Morgan fingerprint density at radius 2 is 2.12 bits per heavy atom. The summed E-state index contributed by atoms with van der Waals surface area (Å²) in [7, 11) is 0. The van der Waals surface area contributed by atoms with E-state index in [-0.39, 0.29) is 5.82 Å². The minimum Gasteiger partial charge on any atom is -0.343 e. The average molecular weight is 285 g/mol. The molecule has 1 aliphatic rings. The first-order chi connectivity index (χ1) is 7.75. The number of nitrogens with one attached hydrogen (secondary N) is 1. The second-order valence-corrected chi connectivity index (χ2v) is 4.74. The van der Waals surface area contributed by atoms with Gasteiger partial charge in [-0.3, -0.25) is 4.99 Å². The number of nitrogens with zero attached hydrogens (tertiary/aromatic N) is 1. The van der Waals surface area contributed by atoms with Crippen LogP contribution in [-0.4, -0.2) is 12.4 Å². The van der Waals surface area contributed by atoms with Crippen molar-refractivity contribution in [1.29, 1.82) is 0 Å². The molecule has 0 unspecified atom stereocenters. The summed E-state index contributed by atoms with van der Waals surface area (Å²) in [5.41, 5.74) is 0.877. The van der Waals surface area contributed by atoms with Crippen LogP contribution in [0.4, 0.5) is 10.1 Å². The molecule has 4 heteroatoms. The van der Waals surface area contributed by atoms with Crippen LogP contribution < -0.4 is 5.32 Å². The van der Waals surface area contributed by atoms with Crippen LogP contribution in [0.2, 0.25) is 0 Å². The highest BCUT2D eigenvalue weighted by molar-refractivity contribution is 9.10. The fraction of sp³-hybridized carbons (Fsp3) is 0.417. The highest BCUT2D eigenvalue weighted by Crippen LogP contribution is 2.23. The Morgan fingerprint density at radius 3 is 2.94 bits per heavy atom. The van der Waals surface area contributed by atoms with E-state index >= 15 is 0 Å². The lowest BCUT2D eigenvalue weighted by Crippen LogP contribution is -2.11. The molecule has 2 rings (SSSR count). The Kier molecular flexibility index (Phi) is 3.93. The van der Waals surface area contributed by atoms with Crippen molar-refractivity contribution in [2.45, 2.75) is 25.7 Å². The summed E-state index contributed by atoms with van der Waals surface area (Å²) in [5, 5.41) is 3.25. The topological polar surface area (TPSA) is 24.4 Å². The zero-order valence-electron chi connectivity index (χ0n) is 8.97. The molecule has 0 bridgehead atoms. The number of halogens is 2. The lowest BCUT2D eigenvalue weighted by Gasteiger charge is -2.10. The Bertz CT molecular complexity index is 404. The monoisotopic (exact) mass is 284 g/mol. The van der Waals surface area contributed by atoms with Crippen LogP contribution in [-0.2, 0) is 0 Å². The number of anilines is 1. The Morgan fingerprint density at radius 1 is 1.25 bits per heavy atom. The third kappa shape index (κ3) is 3.04.